The van der Waals surface area contributed by atoms with Crippen LogP contribution in [0.3, 0.4) is 0 Å². The van der Waals surface area contributed by atoms with E-state index in [1.807, 2.05) is 0 Å². The van der Waals surface area contributed by atoms with E-state index in [4.69, 9.17) is 0 Å². The molecule has 0 saturated carbocycles. The summed E-state index contributed by atoms with van der Waals surface area (Å²) in [6.45, 7) is 7.33. The van der Waals surface area contributed by atoms with E-state index in [9.17, 15) is 4.79 Å². The van der Waals surface area contributed by atoms with Gasteiger partial charge >= 0.3 is 5.97 Å². The van der Waals surface area contributed by atoms with Crippen molar-refractivity contribution in [3.05, 3.63) is 18.1 Å². The highest BCUT2D eigenvalue weighted by Crippen LogP contribution is 2.11. The molecule has 0 radical (unpaired) electrons. The van der Waals surface area contributed by atoms with Crippen LogP contribution in [-0.4, -0.2) is 29.6 Å². The van der Waals surface area contributed by atoms with E-state index >= 15 is 0 Å². The first kappa shape index (κ1) is 13.4. The van der Waals surface area contributed by atoms with Crippen LogP contribution in [0.15, 0.2) is 12.3 Å². The molecule has 1 aromatic heterocycles. The normalized spacial score (nSPS) is 12.3. The van der Waals surface area contributed by atoms with E-state index in [1.165, 1.54) is 7.11 Å². The molecule has 0 aromatic carbocycles. The van der Waals surface area contributed by atoms with Crippen LogP contribution in [0, 0.1) is 11.8 Å². The third-order valence-corrected chi connectivity index (χ3v) is 2.77. The minimum Gasteiger partial charge on any atom is -0.463 e. The molecule has 0 aliphatic rings. The molecular weight excluding hydrogens is 218 g/mol. The zero-order chi connectivity index (χ0) is 12.8. The van der Waals surface area contributed by atoms with Crippen molar-refractivity contribution in [2.24, 2.45) is 11.8 Å². The first-order valence-corrected chi connectivity index (χ1v) is 5.69. The second kappa shape index (κ2) is 6.18. The van der Waals surface area contributed by atoms with Crippen LogP contribution in [0.1, 0.15) is 31.4 Å². The maximum absolute atomic E-state index is 11.2. The van der Waals surface area contributed by atoms with Crippen molar-refractivity contribution >= 4 is 11.8 Å². The zero-order valence-electron chi connectivity index (χ0n) is 10.7. The predicted octanol–water partition coefficient (Wildman–Crippen LogP) is 1.97. The van der Waals surface area contributed by atoms with Gasteiger partial charge in [-0.05, 0) is 17.9 Å². The maximum Gasteiger partial charge on any atom is 0.376 e. The lowest BCUT2D eigenvalue weighted by atomic mass is 9.98. The van der Waals surface area contributed by atoms with E-state index in [2.05, 4.69) is 40.8 Å². The Balaban J connectivity index is 2.63. The van der Waals surface area contributed by atoms with E-state index < -0.39 is 5.97 Å². The largest absolute Gasteiger partial charge is 0.463 e. The van der Waals surface area contributed by atoms with Crippen molar-refractivity contribution in [1.29, 1.82) is 0 Å². The van der Waals surface area contributed by atoms with E-state index in [0.717, 1.165) is 6.54 Å². The van der Waals surface area contributed by atoms with Gasteiger partial charge in [-0.25, -0.2) is 14.8 Å². The summed E-state index contributed by atoms with van der Waals surface area (Å²) < 4.78 is 4.56. The monoisotopic (exact) mass is 237 g/mol. The third-order valence-electron chi connectivity index (χ3n) is 2.77. The molecular formula is C12H19N3O2. The van der Waals surface area contributed by atoms with Crippen LogP contribution < -0.4 is 5.32 Å². The fourth-order valence-corrected chi connectivity index (χ4v) is 1.15. The number of carbonyl (C=O) groups is 1. The van der Waals surface area contributed by atoms with Crippen LogP contribution >= 0.6 is 0 Å². The molecule has 0 aliphatic heterocycles. The SMILES string of the molecule is COC(=O)c1nccc(NCC(C)C(C)C)n1. The van der Waals surface area contributed by atoms with Gasteiger partial charge in [-0.15, -0.1) is 0 Å². The minimum absolute atomic E-state index is 0.0784. The van der Waals surface area contributed by atoms with Crippen LogP contribution in [0.5, 0.6) is 0 Å². The molecule has 1 rings (SSSR count). The van der Waals surface area contributed by atoms with Crippen molar-refractivity contribution < 1.29 is 9.53 Å². The Hall–Kier alpha value is -1.65. The van der Waals surface area contributed by atoms with Crippen LogP contribution in [0.2, 0.25) is 0 Å². The van der Waals surface area contributed by atoms with Gasteiger partial charge in [0.15, 0.2) is 0 Å². The molecule has 0 fully saturated rings. The van der Waals surface area contributed by atoms with Gasteiger partial charge in [-0.3, -0.25) is 0 Å². The zero-order valence-corrected chi connectivity index (χ0v) is 10.7. The van der Waals surface area contributed by atoms with Gasteiger partial charge in [0, 0.05) is 12.7 Å². The van der Waals surface area contributed by atoms with E-state index in [-0.39, 0.29) is 5.82 Å². The predicted molar refractivity (Wildman–Crippen MR) is 65.9 cm³/mol. The van der Waals surface area contributed by atoms with Gasteiger partial charge in [0.05, 0.1) is 7.11 Å². The van der Waals surface area contributed by atoms with Crippen molar-refractivity contribution in [3.63, 3.8) is 0 Å². The van der Waals surface area contributed by atoms with Gasteiger partial charge in [0.2, 0.25) is 5.82 Å². The third kappa shape index (κ3) is 4.01. The number of ether oxygens (including phenoxy) is 1. The second-order valence-electron chi connectivity index (χ2n) is 4.36. The standard InChI is InChI=1S/C12H19N3O2/c1-8(2)9(3)7-14-10-5-6-13-11(15-10)12(16)17-4/h5-6,8-9H,7H2,1-4H3,(H,13,14,15). The molecule has 17 heavy (non-hydrogen) atoms. The molecule has 94 valence electrons. The van der Waals surface area contributed by atoms with Gasteiger partial charge in [-0.1, -0.05) is 20.8 Å². The number of aromatic nitrogens is 2. The summed E-state index contributed by atoms with van der Waals surface area (Å²) in [6.07, 6.45) is 1.54. The highest BCUT2D eigenvalue weighted by molar-refractivity contribution is 5.85. The molecule has 5 nitrogen and oxygen atoms in total. The minimum atomic E-state index is -0.523. The number of hydrogen-bond acceptors (Lipinski definition) is 5. The smallest absolute Gasteiger partial charge is 0.376 e. The number of carbonyl (C=O) groups excluding carboxylic acids is 1. The lowest BCUT2D eigenvalue weighted by Crippen LogP contribution is -2.18. The number of nitrogens with one attached hydrogen (secondary N) is 1. The summed E-state index contributed by atoms with van der Waals surface area (Å²) in [4.78, 5) is 19.2. The Kier molecular flexibility index (Phi) is 4.87. The summed E-state index contributed by atoms with van der Waals surface area (Å²) in [7, 11) is 1.31. The Morgan fingerprint density at radius 2 is 2.18 bits per heavy atom. The number of nitrogens with zero attached hydrogens (tertiary/aromatic N) is 2. The van der Waals surface area contributed by atoms with Gasteiger partial charge in [0.1, 0.15) is 5.82 Å². The highest BCUT2D eigenvalue weighted by Gasteiger charge is 2.10. The molecule has 0 bridgehead atoms. The van der Waals surface area contributed by atoms with Crippen LogP contribution in [-0.2, 0) is 4.74 Å². The average Bonchev–Trinajstić information content (AvgIpc) is 2.35. The topological polar surface area (TPSA) is 64.1 Å². The Morgan fingerprint density at radius 3 is 2.76 bits per heavy atom. The molecule has 1 aromatic rings. The number of anilines is 1. The summed E-state index contributed by atoms with van der Waals surface area (Å²) in [5, 5.41) is 3.19. The summed E-state index contributed by atoms with van der Waals surface area (Å²) >= 11 is 0. The lowest BCUT2D eigenvalue weighted by Gasteiger charge is -2.16. The van der Waals surface area contributed by atoms with E-state index in [0.29, 0.717) is 17.7 Å². The Bertz CT molecular complexity index is 380. The summed E-state index contributed by atoms with van der Waals surface area (Å²) in [6, 6.07) is 1.74. The number of rotatable bonds is 5. The lowest BCUT2D eigenvalue weighted by molar-refractivity contribution is 0.0587. The molecule has 0 aliphatic carbocycles. The van der Waals surface area contributed by atoms with Crippen molar-refractivity contribution in [1.82, 2.24) is 9.97 Å². The first-order valence-electron chi connectivity index (χ1n) is 5.69. The van der Waals surface area contributed by atoms with Crippen molar-refractivity contribution in [3.8, 4) is 0 Å². The van der Waals surface area contributed by atoms with Gasteiger partial charge in [-0.2, -0.15) is 0 Å². The molecule has 1 unspecified atom stereocenters. The number of methoxy groups -OCH3 is 1. The van der Waals surface area contributed by atoms with Crippen molar-refractivity contribution in [2.75, 3.05) is 19.0 Å². The molecule has 5 heteroatoms. The average molecular weight is 237 g/mol. The Labute approximate surface area is 102 Å². The van der Waals surface area contributed by atoms with Crippen LogP contribution in [0.25, 0.3) is 0 Å². The van der Waals surface area contributed by atoms with Crippen molar-refractivity contribution in [2.45, 2.75) is 20.8 Å². The second-order valence-corrected chi connectivity index (χ2v) is 4.36. The maximum atomic E-state index is 11.2. The molecule has 0 amide bonds. The number of esters is 1. The fraction of sp³-hybridized carbons (Fsp3) is 0.583. The molecule has 1 N–H and O–H groups in total. The molecule has 0 saturated heterocycles. The number of hydrogen-bond donors (Lipinski definition) is 1. The summed E-state index contributed by atoms with van der Waals surface area (Å²) in [5.41, 5.74) is 0. The van der Waals surface area contributed by atoms with E-state index in [1.54, 1.807) is 12.3 Å². The molecule has 1 heterocycles. The van der Waals surface area contributed by atoms with Crippen LogP contribution in [0.4, 0.5) is 5.82 Å². The Morgan fingerprint density at radius 1 is 1.47 bits per heavy atom. The molecule has 0 spiro atoms. The highest BCUT2D eigenvalue weighted by atomic mass is 16.5. The quantitative estimate of drug-likeness (QED) is 0.793. The summed E-state index contributed by atoms with van der Waals surface area (Å²) in [5.74, 6) is 1.34. The van der Waals surface area contributed by atoms with Gasteiger partial charge in [0.25, 0.3) is 0 Å². The molecule has 1 atom stereocenters. The fourth-order valence-electron chi connectivity index (χ4n) is 1.15. The van der Waals surface area contributed by atoms with Gasteiger partial charge < -0.3 is 10.1 Å². The first-order chi connectivity index (χ1) is 8.04.